The van der Waals surface area contributed by atoms with Gasteiger partial charge in [-0.25, -0.2) is 0 Å². The normalized spacial score (nSPS) is 33.0. The van der Waals surface area contributed by atoms with Gasteiger partial charge < -0.3 is 5.73 Å². The molecule has 104 valence electrons. The number of Topliss-reactive ketones (excluding diaryl/α,β-unsaturated/α-hetero) is 1. The van der Waals surface area contributed by atoms with Gasteiger partial charge in [-0.15, -0.1) is 0 Å². The zero-order valence-corrected chi connectivity index (χ0v) is 12.8. The van der Waals surface area contributed by atoms with Gasteiger partial charge in [0.25, 0.3) is 0 Å². The van der Waals surface area contributed by atoms with E-state index in [1.165, 1.54) is 6.42 Å². The van der Waals surface area contributed by atoms with E-state index >= 15 is 0 Å². The lowest BCUT2D eigenvalue weighted by Crippen LogP contribution is -2.41. The molecule has 5 heteroatoms. The van der Waals surface area contributed by atoms with Gasteiger partial charge in [-0.1, -0.05) is 6.92 Å². The molecular weight excluding hydrogens is 306 g/mol. The molecule has 2 aliphatic carbocycles. The Hall–Kier alpha value is -0.680. The second kappa shape index (κ2) is 5.02. The van der Waals surface area contributed by atoms with E-state index in [0.717, 1.165) is 36.0 Å². The summed E-state index contributed by atoms with van der Waals surface area (Å²) < 4.78 is 2.63. The number of aromatic nitrogens is 2. The number of fused-ring (bicyclic) bond motifs is 2. The van der Waals surface area contributed by atoms with Crippen LogP contribution in [-0.4, -0.2) is 21.6 Å². The number of carbonyl (C=O) groups excluding carboxylic acids is 1. The summed E-state index contributed by atoms with van der Waals surface area (Å²) in [6.07, 6.45) is 6.19. The third-order valence-electron chi connectivity index (χ3n) is 4.75. The summed E-state index contributed by atoms with van der Waals surface area (Å²) in [4.78, 5) is 12.9. The zero-order valence-electron chi connectivity index (χ0n) is 11.2. The molecule has 2 aliphatic rings. The Labute approximate surface area is 121 Å². The highest BCUT2D eigenvalue weighted by Gasteiger charge is 2.49. The molecule has 1 heterocycles. The first-order valence-electron chi connectivity index (χ1n) is 7.14. The predicted octanol–water partition coefficient (Wildman–Crippen LogP) is 2.61. The first-order valence-corrected chi connectivity index (χ1v) is 7.93. The number of nitrogens with zero attached hydrogens (tertiary/aromatic N) is 2. The Balaban J connectivity index is 1.90. The molecule has 0 spiro atoms. The van der Waals surface area contributed by atoms with E-state index in [-0.39, 0.29) is 17.7 Å². The molecule has 19 heavy (non-hydrogen) atoms. The highest BCUT2D eigenvalue weighted by molar-refractivity contribution is 9.10. The van der Waals surface area contributed by atoms with Crippen molar-refractivity contribution in [3.63, 3.8) is 0 Å². The van der Waals surface area contributed by atoms with Gasteiger partial charge in [-0.3, -0.25) is 9.48 Å². The second-order valence-electron chi connectivity index (χ2n) is 5.86. The van der Waals surface area contributed by atoms with Gasteiger partial charge in [0, 0.05) is 18.5 Å². The Morgan fingerprint density at radius 1 is 1.53 bits per heavy atom. The molecule has 1 aromatic heterocycles. The van der Waals surface area contributed by atoms with Crippen molar-refractivity contribution in [1.82, 2.24) is 9.78 Å². The predicted molar refractivity (Wildman–Crippen MR) is 76.8 cm³/mol. The topological polar surface area (TPSA) is 60.9 Å². The summed E-state index contributed by atoms with van der Waals surface area (Å²) in [5.74, 6) is 1.24. The molecule has 0 amide bonds. The van der Waals surface area contributed by atoms with Gasteiger partial charge >= 0.3 is 0 Å². The number of hydrogen-bond acceptors (Lipinski definition) is 3. The van der Waals surface area contributed by atoms with Gasteiger partial charge in [0.1, 0.15) is 5.69 Å². The number of rotatable bonds is 4. The lowest BCUT2D eigenvalue weighted by molar-refractivity contribution is 0.0843. The summed E-state index contributed by atoms with van der Waals surface area (Å²) in [5, 5.41) is 4.29. The molecule has 3 rings (SSSR count). The average Bonchev–Trinajstić information content (AvgIpc) is 3.04. The largest absolute Gasteiger partial charge is 0.327 e. The minimum Gasteiger partial charge on any atom is -0.327 e. The molecule has 2 N–H and O–H groups in total. The van der Waals surface area contributed by atoms with Crippen LogP contribution >= 0.6 is 15.9 Å². The van der Waals surface area contributed by atoms with E-state index < -0.39 is 0 Å². The van der Waals surface area contributed by atoms with Crippen LogP contribution in [0.5, 0.6) is 0 Å². The van der Waals surface area contributed by atoms with Crippen molar-refractivity contribution >= 4 is 21.7 Å². The van der Waals surface area contributed by atoms with Crippen LogP contribution in [0.1, 0.15) is 43.1 Å². The molecule has 2 fully saturated rings. The van der Waals surface area contributed by atoms with Gasteiger partial charge in [-0.2, -0.15) is 5.10 Å². The molecule has 4 atom stereocenters. The first kappa shape index (κ1) is 13.3. The maximum atomic E-state index is 12.9. The fraction of sp³-hybridized carbons (Fsp3) is 0.714. The van der Waals surface area contributed by atoms with Crippen molar-refractivity contribution in [2.75, 3.05) is 0 Å². The summed E-state index contributed by atoms with van der Waals surface area (Å²) in [6, 6.07) is 0.0446. The zero-order chi connectivity index (χ0) is 13.6. The summed E-state index contributed by atoms with van der Waals surface area (Å²) in [6.45, 7) is 2.87. The highest BCUT2D eigenvalue weighted by atomic mass is 79.9. The van der Waals surface area contributed by atoms with Gasteiger partial charge in [0.15, 0.2) is 5.78 Å². The van der Waals surface area contributed by atoms with E-state index in [0.29, 0.717) is 11.8 Å². The van der Waals surface area contributed by atoms with Crippen molar-refractivity contribution in [2.24, 2.45) is 23.5 Å². The smallest absolute Gasteiger partial charge is 0.186 e. The van der Waals surface area contributed by atoms with E-state index in [1.807, 2.05) is 4.68 Å². The third-order valence-corrected chi connectivity index (χ3v) is 5.33. The number of carbonyl (C=O) groups is 1. The molecule has 0 saturated heterocycles. The van der Waals surface area contributed by atoms with Crippen LogP contribution in [0.15, 0.2) is 10.7 Å². The quantitative estimate of drug-likeness (QED) is 0.865. The molecule has 2 bridgehead atoms. The summed E-state index contributed by atoms with van der Waals surface area (Å²) in [7, 11) is 0. The van der Waals surface area contributed by atoms with Crippen molar-refractivity contribution in [3.05, 3.63) is 16.4 Å². The number of halogens is 1. The third kappa shape index (κ3) is 2.07. The Kier molecular flexibility index (Phi) is 3.52. The van der Waals surface area contributed by atoms with Crippen molar-refractivity contribution in [1.29, 1.82) is 0 Å². The monoisotopic (exact) mass is 325 g/mol. The van der Waals surface area contributed by atoms with Crippen LogP contribution in [0, 0.1) is 17.8 Å². The van der Waals surface area contributed by atoms with Crippen LogP contribution in [0.4, 0.5) is 0 Å². The van der Waals surface area contributed by atoms with Crippen LogP contribution in [0.3, 0.4) is 0 Å². The molecule has 0 radical (unpaired) electrons. The molecule has 4 unspecified atom stereocenters. The van der Waals surface area contributed by atoms with Gasteiger partial charge in [0.2, 0.25) is 0 Å². The fourth-order valence-corrected chi connectivity index (χ4v) is 4.36. The van der Waals surface area contributed by atoms with E-state index in [9.17, 15) is 4.79 Å². The van der Waals surface area contributed by atoms with Crippen LogP contribution in [0.25, 0.3) is 0 Å². The highest BCUT2D eigenvalue weighted by Crippen LogP contribution is 2.49. The molecule has 0 aliphatic heterocycles. The average molecular weight is 326 g/mol. The second-order valence-corrected chi connectivity index (χ2v) is 6.72. The van der Waals surface area contributed by atoms with Crippen molar-refractivity contribution in [3.8, 4) is 0 Å². The maximum Gasteiger partial charge on any atom is 0.186 e. The molecule has 2 saturated carbocycles. The van der Waals surface area contributed by atoms with Gasteiger partial charge in [-0.05, 0) is 53.4 Å². The maximum absolute atomic E-state index is 12.9. The Morgan fingerprint density at radius 2 is 2.26 bits per heavy atom. The van der Waals surface area contributed by atoms with Crippen LogP contribution < -0.4 is 5.73 Å². The molecular formula is C14H20BrN3O. The molecule has 4 nitrogen and oxygen atoms in total. The lowest BCUT2D eigenvalue weighted by atomic mass is 9.81. The van der Waals surface area contributed by atoms with Crippen molar-refractivity contribution in [2.45, 2.75) is 45.2 Å². The fourth-order valence-electron chi connectivity index (χ4n) is 3.87. The lowest BCUT2D eigenvalue weighted by Gasteiger charge is -2.27. The van der Waals surface area contributed by atoms with Gasteiger partial charge in [0.05, 0.1) is 10.7 Å². The first-order chi connectivity index (χ1) is 9.13. The minimum atomic E-state index is 0.00218. The van der Waals surface area contributed by atoms with Crippen LogP contribution in [0.2, 0.25) is 0 Å². The molecule has 1 aromatic rings. The van der Waals surface area contributed by atoms with Crippen molar-refractivity contribution < 1.29 is 4.79 Å². The number of ketones is 1. The van der Waals surface area contributed by atoms with E-state index in [4.69, 9.17) is 5.73 Å². The molecule has 0 aromatic carbocycles. The standard InChI is InChI=1S/C14H20BrN3O/c1-2-5-18-13(10(15)7-17-18)14(19)11-8-3-4-9(6-8)12(11)16/h7-9,11-12H,2-6,16H2,1H3. The minimum absolute atomic E-state index is 0.00218. The number of hydrogen-bond donors (Lipinski definition) is 1. The Morgan fingerprint density at radius 3 is 2.89 bits per heavy atom. The Bertz CT molecular complexity index is 497. The van der Waals surface area contributed by atoms with E-state index in [2.05, 4.69) is 28.0 Å². The SMILES string of the molecule is CCCn1ncc(Br)c1C(=O)C1C2CCC(C2)C1N. The number of aryl methyl sites for hydroxylation is 1. The summed E-state index contributed by atoms with van der Waals surface area (Å²) in [5.41, 5.74) is 7.00. The van der Waals surface area contributed by atoms with E-state index in [1.54, 1.807) is 6.20 Å². The number of nitrogens with two attached hydrogens (primary N) is 1. The summed E-state index contributed by atoms with van der Waals surface area (Å²) >= 11 is 3.46. The van der Waals surface area contributed by atoms with Crippen LogP contribution in [-0.2, 0) is 6.54 Å².